The molecule has 94 valence electrons. The number of ether oxygens (including phenoxy) is 1. The summed E-state index contributed by atoms with van der Waals surface area (Å²) in [7, 11) is 0. The third-order valence-corrected chi connectivity index (χ3v) is 2.38. The fraction of sp³-hybridized carbons (Fsp3) is 0.286. The topological polar surface area (TPSA) is 59.0 Å². The van der Waals surface area contributed by atoms with Gasteiger partial charge in [0.15, 0.2) is 0 Å². The van der Waals surface area contributed by atoms with Crippen LogP contribution in [0.15, 0.2) is 29.8 Å². The summed E-state index contributed by atoms with van der Waals surface area (Å²) in [6.07, 6.45) is 1.66. The summed E-state index contributed by atoms with van der Waals surface area (Å²) in [6, 6.07) is 9.43. The van der Waals surface area contributed by atoms with E-state index in [4.69, 9.17) is 28.0 Å². The Morgan fingerprint density at radius 2 is 2.06 bits per heavy atom. The van der Waals surface area contributed by atoms with E-state index < -0.39 is 0 Å². The fourth-order valence-corrected chi connectivity index (χ4v) is 1.35. The number of hydrogen-bond acceptors (Lipinski definition) is 3. The maximum atomic E-state index is 8.85. The van der Waals surface area contributed by atoms with E-state index in [1.807, 2.05) is 30.3 Å². The molecule has 1 aromatic rings. The van der Waals surface area contributed by atoms with Gasteiger partial charge in [0.1, 0.15) is 16.8 Å². The molecule has 1 aromatic carbocycles. The second-order valence-electron chi connectivity index (χ2n) is 4.31. The molecule has 0 bridgehead atoms. The summed E-state index contributed by atoms with van der Waals surface area (Å²) in [5.41, 5.74) is 6.60. The first kappa shape index (κ1) is 14.2. The number of hydrogen-bond donors (Lipinski definition) is 1. The van der Waals surface area contributed by atoms with Crippen molar-refractivity contribution in [3.8, 4) is 11.8 Å². The second kappa shape index (κ2) is 6.77. The van der Waals surface area contributed by atoms with E-state index in [2.05, 4.69) is 13.8 Å². The van der Waals surface area contributed by atoms with Crippen LogP contribution in [-0.4, -0.2) is 11.6 Å². The van der Waals surface area contributed by atoms with Crippen LogP contribution in [-0.2, 0) is 0 Å². The molecule has 0 saturated carbocycles. The maximum Gasteiger partial charge on any atom is 0.119 e. The van der Waals surface area contributed by atoms with E-state index in [9.17, 15) is 0 Å². The smallest absolute Gasteiger partial charge is 0.119 e. The van der Waals surface area contributed by atoms with Crippen molar-refractivity contribution < 1.29 is 4.74 Å². The fourth-order valence-electron chi connectivity index (χ4n) is 1.25. The summed E-state index contributed by atoms with van der Waals surface area (Å²) in [6.45, 7) is 4.88. The van der Waals surface area contributed by atoms with Gasteiger partial charge in [0.05, 0.1) is 12.2 Å². The van der Waals surface area contributed by atoms with Crippen molar-refractivity contribution in [2.75, 3.05) is 6.61 Å². The zero-order valence-electron chi connectivity index (χ0n) is 10.5. The second-order valence-corrected chi connectivity index (χ2v) is 4.75. The Kier molecular flexibility index (Phi) is 5.34. The van der Waals surface area contributed by atoms with Crippen molar-refractivity contribution >= 4 is 23.3 Å². The Bertz CT molecular complexity index is 484. The lowest BCUT2D eigenvalue weighted by Gasteiger charge is -2.08. The summed E-state index contributed by atoms with van der Waals surface area (Å²) in [5.74, 6) is 1.30. The van der Waals surface area contributed by atoms with Gasteiger partial charge in [-0.1, -0.05) is 38.2 Å². The SMILES string of the molecule is CC(C)COc1ccc(/C=C(/C#N)C(N)=S)cc1. The molecular formula is C14H16N2OS. The van der Waals surface area contributed by atoms with Crippen molar-refractivity contribution in [3.05, 3.63) is 35.4 Å². The van der Waals surface area contributed by atoms with Gasteiger partial charge in [-0.05, 0) is 29.7 Å². The molecule has 0 amide bonds. The first-order valence-corrected chi connectivity index (χ1v) is 6.08. The summed E-state index contributed by atoms with van der Waals surface area (Å²) in [5, 5.41) is 8.85. The first-order chi connectivity index (χ1) is 8.52. The van der Waals surface area contributed by atoms with Crippen LogP contribution in [0, 0.1) is 17.2 Å². The standard InChI is InChI=1S/C14H16N2OS/c1-10(2)9-17-13-5-3-11(4-6-13)7-12(8-15)14(16)18/h3-7,10H,9H2,1-2H3,(H2,16,18)/b12-7-. The van der Waals surface area contributed by atoms with Crippen molar-refractivity contribution in [1.29, 1.82) is 5.26 Å². The summed E-state index contributed by atoms with van der Waals surface area (Å²) < 4.78 is 5.56. The van der Waals surface area contributed by atoms with Crippen LogP contribution in [0.5, 0.6) is 5.75 Å². The van der Waals surface area contributed by atoms with Gasteiger partial charge in [-0.2, -0.15) is 5.26 Å². The van der Waals surface area contributed by atoms with Gasteiger partial charge < -0.3 is 10.5 Å². The molecule has 2 N–H and O–H groups in total. The van der Waals surface area contributed by atoms with E-state index in [-0.39, 0.29) is 4.99 Å². The van der Waals surface area contributed by atoms with Gasteiger partial charge in [0.2, 0.25) is 0 Å². The third-order valence-electron chi connectivity index (χ3n) is 2.16. The molecule has 3 nitrogen and oxygen atoms in total. The van der Waals surface area contributed by atoms with Gasteiger partial charge >= 0.3 is 0 Å². The molecule has 0 aromatic heterocycles. The van der Waals surface area contributed by atoms with Crippen LogP contribution in [0.3, 0.4) is 0 Å². The highest BCUT2D eigenvalue weighted by Gasteiger charge is 2.00. The molecule has 0 atom stereocenters. The Labute approximate surface area is 113 Å². The minimum absolute atomic E-state index is 0.109. The van der Waals surface area contributed by atoms with Crippen molar-refractivity contribution in [2.45, 2.75) is 13.8 Å². The zero-order chi connectivity index (χ0) is 13.5. The Morgan fingerprint density at radius 3 is 2.50 bits per heavy atom. The highest BCUT2D eigenvalue weighted by Crippen LogP contribution is 2.15. The molecule has 0 heterocycles. The molecule has 0 unspecified atom stereocenters. The van der Waals surface area contributed by atoms with Gasteiger partial charge in [0.25, 0.3) is 0 Å². The molecule has 0 aliphatic heterocycles. The van der Waals surface area contributed by atoms with Gasteiger partial charge in [0, 0.05) is 0 Å². The number of benzene rings is 1. The minimum atomic E-state index is 0.109. The third kappa shape index (κ3) is 4.56. The Morgan fingerprint density at radius 1 is 1.44 bits per heavy atom. The first-order valence-electron chi connectivity index (χ1n) is 5.67. The molecule has 0 fully saturated rings. The number of thiocarbonyl (C=S) groups is 1. The van der Waals surface area contributed by atoms with Crippen LogP contribution in [0.2, 0.25) is 0 Å². The van der Waals surface area contributed by atoms with Gasteiger partial charge in [-0.3, -0.25) is 0 Å². The molecule has 0 radical (unpaired) electrons. The Hall–Kier alpha value is -1.86. The van der Waals surface area contributed by atoms with E-state index in [0.717, 1.165) is 11.3 Å². The Balaban J connectivity index is 2.77. The van der Waals surface area contributed by atoms with E-state index in [1.54, 1.807) is 6.08 Å². The summed E-state index contributed by atoms with van der Waals surface area (Å²) >= 11 is 4.77. The van der Waals surface area contributed by atoms with Gasteiger partial charge in [-0.15, -0.1) is 0 Å². The quantitative estimate of drug-likeness (QED) is 0.502. The van der Waals surface area contributed by atoms with Crippen LogP contribution >= 0.6 is 12.2 Å². The number of rotatable bonds is 5. The van der Waals surface area contributed by atoms with E-state index in [1.165, 1.54) is 0 Å². The monoisotopic (exact) mass is 260 g/mol. The molecule has 18 heavy (non-hydrogen) atoms. The zero-order valence-corrected chi connectivity index (χ0v) is 11.3. The predicted octanol–water partition coefficient (Wildman–Crippen LogP) is 2.91. The van der Waals surface area contributed by atoms with Crippen LogP contribution in [0.25, 0.3) is 6.08 Å². The number of nitrogens with two attached hydrogens (primary N) is 1. The lowest BCUT2D eigenvalue weighted by Crippen LogP contribution is -2.09. The van der Waals surface area contributed by atoms with E-state index in [0.29, 0.717) is 18.1 Å². The normalized spacial score (nSPS) is 11.1. The minimum Gasteiger partial charge on any atom is -0.493 e. The van der Waals surface area contributed by atoms with Crippen LogP contribution in [0.4, 0.5) is 0 Å². The highest BCUT2D eigenvalue weighted by molar-refractivity contribution is 7.80. The van der Waals surface area contributed by atoms with Crippen molar-refractivity contribution in [2.24, 2.45) is 11.7 Å². The van der Waals surface area contributed by atoms with Crippen molar-refractivity contribution in [3.63, 3.8) is 0 Å². The lowest BCUT2D eigenvalue weighted by atomic mass is 10.1. The molecule has 1 rings (SSSR count). The lowest BCUT2D eigenvalue weighted by molar-refractivity contribution is 0.271. The molecular weight excluding hydrogens is 244 g/mol. The molecule has 0 aliphatic rings. The van der Waals surface area contributed by atoms with Crippen molar-refractivity contribution in [1.82, 2.24) is 0 Å². The van der Waals surface area contributed by atoms with E-state index >= 15 is 0 Å². The average Bonchev–Trinajstić information content (AvgIpc) is 2.34. The molecule has 0 saturated heterocycles. The average molecular weight is 260 g/mol. The molecule has 4 heteroatoms. The highest BCUT2D eigenvalue weighted by atomic mass is 32.1. The van der Waals surface area contributed by atoms with Crippen LogP contribution < -0.4 is 10.5 Å². The number of nitriles is 1. The molecule has 0 spiro atoms. The molecule has 0 aliphatic carbocycles. The predicted molar refractivity (Wildman–Crippen MR) is 77.2 cm³/mol. The maximum absolute atomic E-state index is 8.85. The largest absolute Gasteiger partial charge is 0.493 e. The van der Waals surface area contributed by atoms with Gasteiger partial charge in [-0.25, -0.2) is 0 Å². The van der Waals surface area contributed by atoms with Crippen LogP contribution in [0.1, 0.15) is 19.4 Å². The summed E-state index contributed by atoms with van der Waals surface area (Å²) in [4.78, 5) is 0.109. The number of nitrogens with zero attached hydrogens (tertiary/aromatic N) is 1.